The molecule has 0 nitrogen and oxygen atoms in total. The molecule has 1 saturated carbocycles. The Morgan fingerprint density at radius 3 is 2.61 bits per heavy atom. The Morgan fingerprint density at radius 1 is 1.39 bits per heavy atom. The zero-order chi connectivity index (χ0) is 13.2. The minimum absolute atomic E-state index is 0.184. The molecule has 1 aromatic carbocycles. The van der Waals surface area contributed by atoms with E-state index in [0.717, 1.165) is 6.42 Å². The van der Waals surface area contributed by atoms with E-state index in [4.69, 9.17) is 11.6 Å². The van der Waals surface area contributed by atoms with Crippen molar-refractivity contribution < 1.29 is 4.39 Å². The molecule has 1 aromatic rings. The molecule has 1 atom stereocenters. The summed E-state index contributed by atoms with van der Waals surface area (Å²) >= 11 is 9.91. The molecule has 0 bridgehead atoms. The van der Waals surface area contributed by atoms with E-state index in [1.54, 1.807) is 12.1 Å². The van der Waals surface area contributed by atoms with Gasteiger partial charge in [0.15, 0.2) is 0 Å². The van der Waals surface area contributed by atoms with Crippen LogP contribution in [0, 0.1) is 11.2 Å². The third kappa shape index (κ3) is 2.75. The second-order valence-corrected chi connectivity index (χ2v) is 6.81. The highest BCUT2D eigenvalue weighted by Gasteiger charge is 2.38. The normalized spacial score (nSPS) is 20.0. The Bertz CT molecular complexity index is 393. The first-order valence-corrected chi connectivity index (χ1v) is 7.95. The first-order valence-electron chi connectivity index (χ1n) is 6.66. The average molecular weight is 334 g/mol. The SMILES string of the molecule is CCC1(C(Br)Cc2c(F)cccc2Cl)CCCC1. The lowest BCUT2D eigenvalue weighted by Gasteiger charge is -2.33. The Kier molecular flexibility index (Phi) is 4.71. The van der Waals surface area contributed by atoms with Gasteiger partial charge in [-0.05, 0) is 43.2 Å². The van der Waals surface area contributed by atoms with Crippen molar-refractivity contribution in [3.8, 4) is 0 Å². The van der Waals surface area contributed by atoms with Crippen LogP contribution in [0.2, 0.25) is 5.02 Å². The molecule has 0 aromatic heterocycles. The summed E-state index contributed by atoms with van der Waals surface area (Å²) in [5, 5.41) is 0.545. The number of benzene rings is 1. The zero-order valence-electron chi connectivity index (χ0n) is 10.7. The molecular formula is C15H19BrClF. The van der Waals surface area contributed by atoms with Gasteiger partial charge >= 0.3 is 0 Å². The van der Waals surface area contributed by atoms with Crippen LogP contribution in [0.25, 0.3) is 0 Å². The molecule has 0 radical (unpaired) electrons. The van der Waals surface area contributed by atoms with Gasteiger partial charge in [0.2, 0.25) is 0 Å². The Hall–Kier alpha value is -0.0800. The summed E-state index contributed by atoms with van der Waals surface area (Å²) in [5.74, 6) is -0.184. The molecule has 3 heteroatoms. The number of hydrogen-bond donors (Lipinski definition) is 0. The van der Waals surface area contributed by atoms with Crippen molar-refractivity contribution in [3.63, 3.8) is 0 Å². The van der Waals surface area contributed by atoms with Crippen LogP contribution >= 0.6 is 27.5 Å². The summed E-state index contributed by atoms with van der Waals surface area (Å²) in [6, 6.07) is 4.93. The van der Waals surface area contributed by atoms with E-state index in [1.165, 1.54) is 31.7 Å². The smallest absolute Gasteiger partial charge is 0.127 e. The Labute approximate surface area is 122 Å². The lowest BCUT2D eigenvalue weighted by molar-refractivity contribution is 0.274. The molecule has 100 valence electrons. The highest BCUT2D eigenvalue weighted by molar-refractivity contribution is 9.09. The summed E-state index contributed by atoms with van der Waals surface area (Å²) in [6.45, 7) is 2.24. The predicted octanol–water partition coefficient (Wildman–Crippen LogP) is 5.76. The molecule has 1 aliphatic rings. The first kappa shape index (κ1) is 14.3. The summed E-state index contributed by atoms with van der Waals surface area (Å²) < 4.78 is 13.8. The molecule has 0 aliphatic heterocycles. The van der Waals surface area contributed by atoms with E-state index in [-0.39, 0.29) is 5.82 Å². The molecule has 0 saturated heterocycles. The molecule has 2 rings (SSSR count). The van der Waals surface area contributed by atoms with Crippen molar-refractivity contribution in [2.75, 3.05) is 0 Å². The van der Waals surface area contributed by atoms with Gasteiger partial charge in [-0.15, -0.1) is 0 Å². The highest BCUT2D eigenvalue weighted by atomic mass is 79.9. The van der Waals surface area contributed by atoms with E-state index in [2.05, 4.69) is 22.9 Å². The molecule has 18 heavy (non-hydrogen) atoms. The van der Waals surface area contributed by atoms with Crippen LogP contribution in [-0.2, 0) is 6.42 Å². The second kappa shape index (κ2) is 5.92. The lowest BCUT2D eigenvalue weighted by Crippen LogP contribution is -2.29. The maximum absolute atomic E-state index is 13.8. The topological polar surface area (TPSA) is 0 Å². The van der Waals surface area contributed by atoms with Gasteiger partial charge in [0.1, 0.15) is 5.82 Å². The van der Waals surface area contributed by atoms with Crippen molar-refractivity contribution >= 4 is 27.5 Å². The second-order valence-electron chi connectivity index (χ2n) is 5.29. The quantitative estimate of drug-likeness (QED) is 0.615. The highest BCUT2D eigenvalue weighted by Crippen LogP contribution is 2.48. The minimum atomic E-state index is -0.184. The van der Waals surface area contributed by atoms with Gasteiger partial charge < -0.3 is 0 Å². The van der Waals surface area contributed by atoms with E-state index >= 15 is 0 Å². The van der Waals surface area contributed by atoms with E-state index < -0.39 is 0 Å². The summed E-state index contributed by atoms with van der Waals surface area (Å²) in [6.07, 6.45) is 6.90. The molecular weight excluding hydrogens is 315 g/mol. The van der Waals surface area contributed by atoms with Crippen LogP contribution < -0.4 is 0 Å². The largest absolute Gasteiger partial charge is 0.207 e. The van der Waals surface area contributed by atoms with Crippen molar-refractivity contribution in [1.82, 2.24) is 0 Å². The fraction of sp³-hybridized carbons (Fsp3) is 0.600. The van der Waals surface area contributed by atoms with E-state index in [9.17, 15) is 4.39 Å². The fourth-order valence-corrected chi connectivity index (χ4v) is 4.44. The van der Waals surface area contributed by atoms with E-state index in [0.29, 0.717) is 27.2 Å². The van der Waals surface area contributed by atoms with Crippen LogP contribution in [0.5, 0.6) is 0 Å². The number of alkyl halides is 1. The minimum Gasteiger partial charge on any atom is -0.207 e. The Balaban J connectivity index is 2.18. The van der Waals surface area contributed by atoms with Crippen LogP contribution in [0.15, 0.2) is 18.2 Å². The Morgan fingerprint density at radius 2 is 2.06 bits per heavy atom. The summed E-state index contributed by atoms with van der Waals surface area (Å²) in [7, 11) is 0. The molecule has 0 spiro atoms. The summed E-state index contributed by atoms with van der Waals surface area (Å²) in [5.41, 5.74) is 0.978. The maximum atomic E-state index is 13.8. The third-order valence-electron chi connectivity index (χ3n) is 4.41. The van der Waals surface area contributed by atoms with Gasteiger partial charge in [-0.3, -0.25) is 0 Å². The van der Waals surface area contributed by atoms with Gasteiger partial charge in [0, 0.05) is 15.4 Å². The monoisotopic (exact) mass is 332 g/mol. The first-order chi connectivity index (χ1) is 8.59. The molecule has 0 N–H and O–H groups in total. The van der Waals surface area contributed by atoms with Crippen molar-refractivity contribution in [1.29, 1.82) is 0 Å². The van der Waals surface area contributed by atoms with Gasteiger partial charge in [0.25, 0.3) is 0 Å². The number of rotatable bonds is 4. The lowest BCUT2D eigenvalue weighted by atomic mass is 9.78. The van der Waals surface area contributed by atoms with Crippen molar-refractivity contribution in [2.45, 2.75) is 50.3 Å². The van der Waals surface area contributed by atoms with E-state index in [1.807, 2.05) is 0 Å². The van der Waals surface area contributed by atoms with Crippen LogP contribution in [-0.4, -0.2) is 4.83 Å². The molecule has 1 aliphatic carbocycles. The molecule has 1 fully saturated rings. The van der Waals surface area contributed by atoms with Crippen LogP contribution in [0.1, 0.15) is 44.6 Å². The average Bonchev–Trinajstić information content (AvgIpc) is 2.84. The molecule has 1 unspecified atom stereocenters. The zero-order valence-corrected chi connectivity index (χ0v) is 13.0. The predicted molar refractivity (Wildman–Crippen MR) is 79.0 cm³/mol. The van der Waals surface area contributed by atoms with Crippen LogP contribution in [0.3, 0.4) is 0 Å². The fourth-order valence-electron chi connectivity index (χ4n) is 3.09. The molecule has 0 heterocycles. The number of hydrogen-bond acceptors (Lipinski definition) is 0. The van der Waals surface area contributed by atoms with Gasteiger partial charge in [0.05, 0.1) is 0 Å². The van der Waals surface area contributed by atoms with Crippen molar-refractivity contribution in [3.05, 3.63) is 34.6 Å². The van der Waals surface area contributed by atoms with Gasteiger partial charge in [-0.25, -0.2) is 4.39 Å². The maximum Gasteiger partial charge on any atom is 0.127 e. The standard InChI is InChI=1S/C15H19BrClF/c1-2-15(8-3-4-9-15)14(16)10-11-12(17)6-5-7-13(11)18/h5-7,14H,2-4,8-10H2,1H3. The third-order valence-corrected chi connectivity index (χ3v) is 6.06. The van der Waals surface area contributed by atoms with Crippen molar-refractivity contribution in [2.24, 2.45) is 5.41 Å². The number of halogens is 3. The molecule has 0 amide bonds. The summed E-state index contributed by atoms with van der Waals surface area (Å²) in [4.78, 5) is 0.312. The van der Waals surface area contributed by atoms with Gasteiger partial charge in [-0.1, -0.05) is 53.4 Å². The van der Waals surface area contributed by atoms with Gasteiger partial charge in [-0.2, -0.15) is 0 Å². The van der Waals surface area contributed by atoms with Crippen LogP contribution in [0.4, 0.5) is 4.39 Å².